The van der Waals surface area contributed by atoms with Gasteiger partial charge < -0.3 is 5.11 Å². The van der Waals surface area contributed by atoms with Gasteiger partial charge >= 0.3 is 5.97 Å². The van der Waals surface area contributed by atoms with Gasteiger partial charge in [0.05, 0.1) is 6.42 Å². The van der Waals surface area contributed by atoms with Gasteiger partial charge in [0.25, 0.3) is 0 Å². The number of ketones is 1. The number of carbonyl (C=O) groups excluding carboxylic acids is 1. The van der Waals surface area contributed by atoms with Crippen LogP contribution in [-0.4, -0.2) is 16.9 Å². The Kier molecular flexibility index (Phi) is 7.84. The summed E-state index contributed by atoms with van der Waals surface area (Å²) in [5, 5.41) is 11.5. The Morgan fingerprint density at radius 1 is 0.875 bits per heavy atom. The molecule has 1 N–H and O–H groups in total. The molecule has 0 saturated heterocycles. The van der Waals surface area contributed by atoms with Gasteiger partial charge in [0.2, 0.25) is 0 Å². The van der Waals surface area contributed by atoms with E-state index in [9.17, 15) is 9.59 Å². The number of rotatable bonds is 11. The van der Waals surface area contributed by atoms with Crippen LogP contribution in [0, 0.1) is 0 Å². The molecule has 168 valence electrons. The fraction of sp³-hybridized carbons (Fsp3) is 0.379. The lowest BCUT2D eigenvalue weighted by Gasteiger charge is -2.23. The molecular formula is C29H34O3. The van der Waals surface area contributed by atoms with Crippen LogP contribution in [0.15, 0.2) is 66.7 Å². The van der Waals surface area contributed by atoms with Crippen molar-refractivity contribution in [3.63, 3.8) is 0 Å². The van der Waals surface area contributed by atoms with Gasteiger partial charge in [0.1, 0.15) is 5.78 Å². The van der Waals surface area contributed by atoms with Gasteiger partial charge in [-0.2, -0.15) is 0 Å². The molecule has 3 heteroatoms. The Morgan fingerprint density at radius 2 is 1.56 bits per heavy atom. The van der Waals surface area contributed by atoms with Crippen LogP contribution in [-0.2, 0) is 21.4 Å². The highest BCUT2D eigenvalue weighted by molar-refractivity contribution is 5.91. The molecule has 0 amide bonds. The van der Waals surface area contributed by atoms with Gasteiger partial charge in [-0.3, -0.25) is 9.59 Å². The molecule has 0 spiro atoms. The summed E-state index contributed by atoms with van der Waals surface area (Å²) in [7, 11) is 0. The number of unbranched alkanes of at least 4 members (excludes halogenated alkanes) is 1. The average molecular weight is 431 g/mol. The number of carbonyl (C=O) groups is 2. The lowest BCUT2D eigenvalue weighted by Crippen LogP contribution is -2.29. The molecule has 0 fully saturated rings. The maximum atomic E-state index is 12.5. The van der Waals surface area contributed by atoms with E-state index in [1.54, 1.807) is 0 Å². The Morgan fingerprint density at radius 3 is 2.28 bits per heavy atom. The van der Waals surface area contributed by atoms with Crippen molar-refractivity contribution in [3.05, 3.63) is 83.4 Å². The monoisotopic (exact) mass is 430 g/mol. The topological polar surface area (TPSA) is 54.4 Å². The second-order valence-corrected chi connectivity index (χ2v) is 9.35. The molecule has 0 aliphatic rings. The van der Waals surface area contributed by atoms with Crippen molar-refractivity contribution in [2.24, 2.45) is 0 Å². The molecule has 3 aromatic carbocycles. The van der Waals surface area contributed by atoms with E-state index in [2.05, 4.69) is 61.5 Å². The van der Waals surface area contributed by atoms with Crippen LogP contribution in [0.4, 0.5) is 0 Å². The largest absolute Gasteiger partial charge is 0.481 e. The van der Waals surface area contributed by atoms with Crippen LogP contribution in [0.25, 0.3) is 10.8 Å². The highest BCUT2D eigenvalue weighted by atomic mass is 16.4. The first-order valence-corrected chi connectivity index (χ1v) is 11.6. The van der Waals surface area contributed by atoms with Crippen LogP contribution < -0.4 is 0 Å². The highest BCUT2D eigenvalue weighted by Crippen LogP contribution is 2.30. The van der Waals surface area contributed by atoms with Gasteiger partial charge in [-0.05, 0) is 66.5 Å². The second-order valence-electron chi connectivity index (χ2n) is 9.35. The van der Waals surface area contributed by atoms with Crippen molar-refractivity contribution in [2.45, 2.75) is 70.6 Å². The Balaban J connectivity index is 1.51. The first-order chi connectivity index (χ1) is 15.3. The molecule has 3 aromatic rings. The van der Waals surface area contributed by atoms with Crippen molar-refractivity contribution in [3.8, 4) is 0 Å². The average Bonchev–Trinajstić information content (AvgIpc) is 2.80. The molecule has 0 aliphatic heterocycles. The first kappa shape index (κ1) is 23.7. The highest BCUT2D eigenvalue weighted by Gasteiger charge is 2.29. The molecular weight excluding hydrogens is 396 g/mol. The van der Waals surface area contributed by atoms with Crippen LogP contribution in [0.2, 0.25) is 0 Å². The fourth-order valence-electron chi connectivity index (χ4n) is 4.40. The predicted molar refractivity (Wildman–Crippen MR) is 131 cm³/mol. The summed E-state index contributed by atoms with van der Waals surface area (Å²) in [6.07, 6.45) is 4.45. The van der Waals surface area contributed by atoms with E-state index >= 15 is 0 Å². The maximum absolute atomic E-state index is 12.5. The quantitative estimate of drug-likeness (QED) is 0.331. The Labute approximate surface area is 191 Å². The standard InChI is InChI=1S/C29H34O3/c1-21(25-14-8-12-23-11-6-7-13-26(23)25)9-4-5-10-22-15-17-24(18-16-22)29(2,3)27(30)19-20-28(31)32/h6-8,11-18,21H,4-5,9-10,19-20H2,1-3H3,(H,31,32)/t21-/m0/s1. The van der Waals surface area contributed by atoms with E-state index in [4.69, 9.17) is 5.11 Å². The fourth-order valence-corrected chi connectivity index (χ4v) is 4.40. The molecule has 3 rings (SSSR count). The van der Waals surface area contributed by atoms with Gasteiger partial charge in [0.15, 0.2) is 0 Å². The van der Waals surface area contributed by atoms with E-state index in [-0.39, 0.29) is 18.6 Å². The minimum atomic E-state index is -0.931. The molecule has 0 aromatic heterocycles. The number of aryl methyl sites for hydroxylation is 1. The normalized spacial score (nSPS) is 12.6. The second kappa shape index (κ2) is 10.6. The summed E-state index contributed by atoms with van der Waals surface area (Å²) >= 11 is 0. The number of Topliss-reactive ketones (excluding diaryl/α,β-unsaturated/α-hetero) is 1. The number of carboxylic acid groups (broad SMARTS) is 1. The zero-order valence-electron chi connectivity index (χ0n) is 19.4. The summed E-state index contributed by atoms with van der Waals surface area (Å²) < 4.78 is 0. The molecule has 32 heavy (non-hydrogen) atoms. The number of fused-ring (bicyclic) bond motifs is 1. The van der Waals surface area contributed by atoms with E-state index in [0.29, 0.717) is 5.92 Å². The van der Waals surface area contributed by atoms with E-state index in [0.717, 1.165) is 24.8 Å². The third-order valence-corrected chi connectivity index (χ3v) is 6.65. The smallest absolute Gasteiger partial charge is 0.303 e. The lowest BCUT2D eigenvalue weighted by atomic mass is 9.78. The van der Waals surface area contributed by atoms with Gasteiger partial charge in [-0.15, -0.1) is 0 Å². The lowest BCUT2D eigenvalue weighted by molar-refractivity contribution is -0.139. The third-order valence-electron chi connectivity index (χ3n) is 6.65. The number of hydrogen-bond donors (Lipinski definition) is 1. The Hall–Kier alpha value is -2.94. The van der Waals surface area contributed by atoms with E-state index < -0.39 is 11.4 Å². The van der Waals surface area contributed by atoms with E-state index in [1.807, 2.05) is 26.0 Å². The van der Waals surface area contributed by atoms with Crippen LogP contribution in [0.5, 0.6) is 0 Å². The SMILES string of the molecule is C[C@@H](CCCCc1ccc(C(C)(C)C(=O)CCC(=O)O)cc1)c1cccc2ccccc12. The zero-order chi connectivity index (χ0) is 23.1. The van der Waals surface area contributed by atoms with Crippen molar-refractivity contribution in [2.75, 3.05) is 0 Å². The van der Waals surface area contributed by atoms with Gasteiger partial charge in [0, 0.05) is 11.8 Å². The molecule has 0 radical (unpaired) electrons. The summed E-state index contributed by atoms with van der Waals surface area (Å²) in [5.41, 5.74) is 2.99. The molecule has 0 saturated carbocycles. The molecule has 3 nitrogen and oxygen atoms in total. The van der Waals surface area contributed by atoms with Crippen molar-refractivity contribution < 1.29 is 14.7 Å². The third kappa shape index (κ3) is 5.85. The first-order valence-electron chi connectivity index (χ1n) is 11.6. The van der Waals surface area contributed by atoms with Crippen LogP contribution in [0.3, 0.4) is 0 Å². The number of benzene rings is 3. The minimum absolute atomic E-state index is 0.0323. The maximum Gasteiger partial charge on any atom is 0.303 e. The molecule has 0 unspecified atom stereocenters. The molecule has 1 atom stereocenters. The summed E-state index contributed by atoms with van der Waals surface area (Å²) in [6.45, 7) is 6.07. The van der Waals surface area contributed by atoms with Crippen LogP contribution in [0.1, 0.15) is 75.5 Å². The van der Waals surface area contributed by atoms with Crippen LogP contribution >= 0.6 is 0 Å². The summed E-state index contributed by atoms with van der Waals surface area (Å²) in [5.74, 6) is -0.435. The minimum Gasteiger partial charge on any atom is -0.481 e. The molecule has 0 aliphatic carbocycles. The van der Waals surface area contributed by atoms with Crippen molar-refractivity contribution in [1.82, 2.24) is 0 Å². The number of hydrogen-bond acceptors (Lipinski definition) is 2. The number of carboxylic acids is 1. The predicted octanol–water partition coefficient (Wildman–Crippen LogP) is 7.07. The van der Waals surface area contributed by atoms with Crippen molar-refractivity contribution in [1.29, 1.82) is 0 Å². The number of aliphatic carboxylic acids is 1. The van der Waals surface area contributed by atoms with Gasteiger partial charge in [-0.25, -0.2) is 0 Å². The molecule has 0 bridgehead atoms. The van der Waals surface area contributed by atoms with Crippen molar-refractivity contribution >= 4 is 22.5 Å². The summed E-state index contributed by atoms with van der Waals surface area (Å²) in [6, 6.07) is 23.4. The van der Waals surface area contributed by atoms with Gasteiger partial charge in [-0.1, -0.05) is 80.1 Å². The summed E-state index contributed by atoms with van der Waals surface area (Å²) in [4.78, 5) is 23.2. The van der Waals surface area contributed by atoms with E-state index in [1.165, 1.54) is 28.3 Å². The molecule has 0 heterocycles. The zero-order valence-corrected chi connectivity index (χ0v) is 19.4. The Bertz CT molecular complexity index is 1060.